The molecule has 7 rings (SSSR count). The van der Waals surface area contributed by atoms with Gasteiger partial charge in [-0.3, -0.25) is 0 Å². The second-order valence-corrected chi connectivity index (χ2v) is 10.6. The quantitative estimate of drug-likeness (QED) is 0.278. The number of nitrogens with zero attached hydrogens (tertiary/aromatic N) is 4. The molecule has 0 fully saturated rings. The Morgan fingerprint density at radius 2 is 0.571 bits per heavy atom. The topological polar surface area (TPSA) is 49.9 Å². The van der Waals surface area contributed by atoms with Crippen molar-refractivity contribution in [2.24, 2.45) is 0 Å². The van der Waals surface area contributed by atoms with Gasteiger partial charge < -0.3 is 38.5 Å². The smallest absolute Gasteiger partial charge is 0.161 e. The molecule has 3 aliphatic rings. The molecule has 8 nitrogen and oxygen atoms in total. The molecule has 3 heterocycles. The van der Waals surface area contributed by atoms with Gasteiger partial charge in [0.05, 0.1) is 62.3 Å². The predicted octanol–water partition coefficient (Wildman–Crippen LogP) is 5.48. The second-order valence-electron chi connectivity index (χ2n) is 10.6. The molecule has 8 heteroatoms. The summed E-state index contributed by atoms with van der Waals surface area (Å²) in [5.74, 6) is 3.10. The van der Waals surface area contributed by atoms with Crippen LogP contribution >= 0.6 is 0 Å². The molecular formula is C34H36N4O4. The predicted molar refractivity (Wildman–Crippen MR) is 167 cm³/mol. The van der Waals surface area contributed by atoms with Crippen LogP contribution in [0.25, 0.3) is 0 Å². The van der Waals surface area contributed by atoms with Crippen LogP contribution in [0.1, 0.15) is 0 Å². The molecule has 0 amide bonds. The number of anilines is 4. The summed E-state index contributed by atoms with van der Waals surface area (Å²) < 4.78 is 25.1. The molecule has 42 heavy (non-hydrogen) atoms. The van der Waals surface area contributed by atoms with Crippen molar-refractivity contribution in [1.29, 1.82) is 0 Å². The molecular weight excluding hydrogens is 528 g/mol. The zero-order chi connectivity index (χ0) is 28.1. The lowest BCUT2D eigenvalue weighted by molar-refractivity contribution is 0.270. The van der Waals surface area contributed by atoms with E-state index < -0.39 is 0 Å². The van der Waals surface area contributed by atoms with E-state index in [1.165, 1.54) is 22.7 Å². The SMILES string of the molecule is c1ccc2c(c1)OCCN1CN(CCOc3ccccc3OCCN3CN(CCO2)c2ccccc23)c2ccccc21. The van der Waals surface area contributed by atoms with Gasteiger partial charge in [-0.2, -0.15) is 0 Å². The van der Waals surface area contributed by atoms with Gasteiger partial charge >= 0.3 is 0 Å². The summed E-state index contributed by atoms with van der Waals surface area (Å²) >= 11 is 0. The normalized spacial score (nSPS) is 17.1. The van der Waals surface area contributed by atoms with Crippen molar-refractivity contribution < 1.29 is 18.9 Å². The van der Waals surface area contributed by atoms with Crippen LogP contribution in [0.5, 0.6) is 23.0 Å². The van der Waals surface area contributed by atoms with Crippen LogP contribution < -0.4 is 38.5 Å². The maximum absolute atomic E-state index is 6.28. The van der Waals surface area contributed by atoms with Crippen LogP contribution in [0, 0.1) is 0 Å². The Morgan fingerprint density at radius 1 is 0.333 bits per heavy atom. The van der Waals surface area contributed by atoms with E-state index in [1.807, 2.05) is 48.5 Å². The lowest BCUT2D eigenvalue weighted by Gasteiger charge is -2.24. The molecule has 0 spiro atoms. The van der Waals surface area contributed by atoms with Gasteiger partial charge in [-0.05, 0) is 48.5 Å². The number of ether oxygens (including phenoxy) is 4. The Labute approximate surface area is 247 Å². The third-order valence-electron chi connectivity index (χ3n) is 7.98. The summed E-state index contributed by atoms with van der Waals surface area (Å²) in [5, 5.41) is 0. The van der Waals surface area contributed by atoms with E-state index in [9.17, 15) is 0 Å². The van der Waals surface area contributed by atoms with Crippen molar-refractivity contribution in [3.8, 4) is 23.0 Å². The molecule has 0 unspecified atom stereocenters. The van der Waals surface area contributed by atoms with Crippen LogP contribution in [0.15, 0.2) is 97.1 Å². The van der Waals surface area contributed by atoms with Crippen LogP contribution in [-0.4, -0.2) is 65.9 Å². The number of benzene rings is 4. The first-order valence-electron chi connectivity index (χ1n) is 14.7. The highest BCUT2D eigenvalue weighted by molar-refractivity contribution is 5.77. The highest BCUT2D eigenvalue weighted by atomic mass is 16.5. The average molecular weight is 565 g/mol. The number of fused-ring (bicyclic) bond motifs is 12. The number of hydrogen-bond donors (Lipinski definition) is 0. The Morgan fingerprint density at radius 3 is 0.833 bits per heavy atom. The van der Waals surface area contributed by atoms with Gasteiger partial charge in [0.2, 0.25) is 0 Å². The molecule has 0 N–H and O–H groups in total. The minimum absolute atomic E-state index is 0.554. The van der Waals surface area contributed by atoms with Crippen molar-refractivity contribution in [3.63, 3.8) is 0 Å². The molecule has 4 bridgehead atoms. The van der Waals surface area contributed by atoms with Gasteiger partial charge in [0, 0.05) is 0 Å². The van der Waals surface area contributed by atoms with Gasteiger partial charge in [0.1, 0.15) is 26.4 Å². The molecule has 0 radical (unpaired) electrons. The number of para-hydroxylation sites is 8. The largest absolute Gasteiger partial charge is 0.488 e. The van der Waals surface area contributed by atoms with E-state index in [-0.39, 0.29) is 0 Å². The van der Waals surface area contributed by atoms with Crippen LogP contribution in [-0.2, 0) is 0 Å². The van der Waals surface area contributed by atoms with Gasteiger partial charge in [-0.25, -0.2) is 0 Å². The molecule has 0 aromatic heterocycles. The summed E-state index contributed by atoms with van der Waals surface area (Å²) in [7, 11) is 0. The summed E-state index contributed by atoms with van der Waals surface area (Å²) in [5.41, 5.74) is 4.86. The van der Waals surface area contributed by atoms with Crippen molar-refractivity contribution in [1.82, 2.24) is 0 Å². The Kier molecular flexibility index (Phi) is 7.50. The van der Waals surface area contributed by atoms with E-state index >= 15 is 0 Å². The monoisotopic (exact) mass is 564 g/mol. The number of rotatable bonds is 0. The fraction of sp³-hybridized carbons (Fsp3) is 0.294. The zero-order valence-electron chi connectivity index (χ0n) is 23.7. The molecule has 4 aromatic carbocycles. The van der Waals surface area contributed by atoms with Crippen molar-refractivity contribution in [2.75, 3.05) is 85.5 Å². The summed E-state index contributed by atoms with van der Waals surface area (Å²) in [4.78, 5) is 9.44. The lowest BCUT2D eigenvalue weighted by atomic mass is 10.2. The van der Waals surface area contributed by atoms with Crippen molar-refractivity contribution in [3.05, 3.63) is 97.1 Å². The standard InChI is InChI=1S/C34H36N4O4/c1-2-10-28-27(9-1)35-17-21-39-31-13-5-6-14-32(31)41-23-19-37-26-38(30-12-4-3-11-29(30)37)20-24-42-34-16-8-7-15-33(34)40-22-18-36(28)25-35/h1-16H,17-26H2. The molecule has 0 atom stereocenters. The molecule has 4 aromatic rings. The molecule has 0 saturated carbocycles. The fourth-order valence-electron chi connectivity index (χ4n) is 5.92. The van der Waals surface area contributed by atoms with Gasteiger partial charge in [0.15, 0.2) is 23.0 Å². The highest BCUT2D eigenvalue weighted by Gasteiger charge is 2.27. The van der Waals surface area contributed by atoms with E-state index in [1.54, 1.807) is 0 Å². The lowest BCUT2D eigenvalue weighted by Crippen LogP contribution is -2.36. The average Bonchev–Trinajstić information content (AvgIpc) is 3.56. The zero-order valence-corrected chi connectivity index (χ0v) is 23.7. The van der Waals surface area contributed by atoms with E-state index in [2.05, 4.69) is 68.1 Å². The van der Waals surface area contributed by atoms with E-state index in [0.29, 0.717) is 26.4 Å². The van der Waals surface area contributed by atoms with Crippen molar-refractivity contribution >= 4 is 22.7 Å². The Hall–Kier alpha value is -4.72. The summed E-state index contributed by atoms with van der Waals surface area (Å²) in [6, 6.07) is 33.0. The fourth-order valence-corrected chi connectivity index (χ4v) is 5.92. The van der Waals surface area contributed by atoms with Crippen LogP contribution in [0.3, 0.4) is 0 Å². The molecule has 0 saturated heterocycles. The van der Waals surface area contributed by atoms with Gasteiger partial charge in [-0.1, -0.05) is 48.5 Å². The maximum Gasteiger partial charge on any atom is 0.161 e. The van der Waals surface area contributed by atoms with Crippen molar-refractivity contribution in [2.45, 2.75) is 0 Å². The number of hydrogen-bond acceptors (Lipinski definition) is 8. The maximum atomic E-state index is 6.28. The van der Waals surface area contributed by atoms with Crippen LogP contribution in [0.2, 0.25) is 0 Å². The highest BCUT2D eigenvalue weighted by Crippen LogP contribution is 2.37. The molecule has 0 aliphatic carbocycles. The first kappa shape index (κ1) is 26.2. The molecule has 3 aliphatic heterocycles. The summed E-state index contributed by atoms with van der Waals surface area (Å²) in [6.07, 6.45) is 0. The first-order valence-corrected chi connectivity index (χ1v) is 14.7. The van der Waals surface area contributed by atoms with Gasteiger partial charge in [-0.15, -0.1) is 0 Å². The Bertz CT molecular complexity index is 1290. The van der Waals surface area contributed by atoms with Crippen LogP contribution in [0.4, 0.5) is 22.7 Å². The van der Waals surface area contributed by atoms with E-state index in [4.69, 9.17) is 18.9 Å². The minimum Gasteiger partial charge on any atom is -0.488 e. The summed E-state index contributed by atoms with van der Waals surface area (Å²) in [6.45, 7) is 6.84. The molecule has 216 valence electrons. The minimum atomic E-state index is 0.554. The Balaban J connectivity index is 1.12. The first-order chi connectivity index (χ1) is 20.8. The van der Waals surface area contributed by atoms with E-state index in [0.717, 1.165) is 62.5 Å². The van der Waals surface area contributed by atoms with Gasteiger partial charge in [0.25, 0.3) is 0 Å². The third-order valence-corrected chi connectivity index (χ3v) is 7.98. The third kappa shape index (κ3) is 5.44. The second kappa shape index (κ2) is 12.0.